The Balaban J connectivity index is 1.44. The molecule has 0 radical (unpaired) electrons. The van der Waals surface area contributed by atoms with E-state index in [0.29, 0.717) is 0 Å². The summed E-state index contributed by atoms with van der Waals surface area (Å²) in [5.74, 6) is 1.04. The Morgan fingerprint density at radius 2 is 2.00 bits per heavy atom. The van der Waals surface area contributed by atoms with Crippen molar-refractivity contribution in [3.05, 3.63) is 48.0 Å². The van der Waals surface area contributed by atoms with Crippen molar-refractivity contribution >= 4 is 22.5 Å². The summed E-state index contributed by atoms with van der Waals surface area (Å²) < 4.78 is 1.71. The summed E-state index contributed by atoms with van der Waals surface area (Å²) in [6, 6.07) is 15.1. The first-order valence-electron chi connectivity index (χ1n) is 7.48. The van der Waals surface area contributed by atoms with E-state index in [9.17, 15) is 0 Å². The van der Waals surface area contributed by atoms with Crippen LogP contribution < -0.4 is 5.32 Å². The molecule has 0 unspecified atom stereocenters. The normalized spacial score (nSPS) is 11.1. The van der Waals surface area contributed by atoms with Crippen molar-refractivity contribution in [2.75, 3.05) is 12.3 Å². The van der Waals surface area contributed by atoms with Crippen molar-refractivity contribution in [3.63, 3.8) is 0 Å². The van der Waals surface area contributed by atoms with E-state index >= 15 is 0 Å². The molecule has 114 valence electrons. The second-order valence-electron chi connectivity index (χ2n) is 5.21. The smallest absolute Gasteiger partial charge is 0.209 e. The molecule has 1 heterocycles. The lowest BCUT2D eigenvalue weighted by atomic mass is 10.0. The second kappa shape index (κ2) is 7.38. The number of aryl methyl sites for hydroxylation is 1. The van der Waals surface area contributed by atoms with Crippen LogP contribution in [-0.4, -0.2) is 32.5 Å². The molecule has 0 fully saturated rings. The van der Waals surface area contributed by atoms with Crippen LogP contribution in [0.2, 0.25) is 0 Å². The number of hydrogen-bond acceptors (Lipinski definition) is 4. The maximum atomic E-state index is 3.97. The molecule has 2 aromatic carbocycles. The van der Waals surface area contributed by atoms with Crippen LogP contribution in [0, 0.1) is 0 Å². The van der Waals surface area contributed by atoms with Gasteiger partial charge in [-0.25, -0.2) is 4.68 Å². The van der Waals surface area contributed by atoms with E-state index in [1.54, 1.807) is 16.4 Å². The fraction of sp³-hybridized carbons (Fsp3) is 0.312. The Morgan fingerprint density at radius 3 is 2.86 bits per heavy atom. The summed E-state index contributed by atoms with van der Waals surface area (Å²) in [5, 5.41) is 17.4. The lowest BCUT2D eigenvalue weighted by Crippen LogP contribution is -2.82. The number of benzene rings is 2. The monoisotopic (exact) mass is 314 g/mol. The maximum absolute atomic E-state index is 3.97. The van der Waals surface area contributed by atoms with Gasteiger partial charge in [-0.05, 0) is 21.2 Å². The van der Waals surface area contributed by atoms with Crippen LogP contribution in [0.1, 0.15) is 12.0 Å². The number of aromatic nitrogens is 4. The van der Waals surface area contributed by atoms with Gasteiger partial charge >= 0.3 is 0 Å². The topological polar surface area (TPSA) is 60.2 Å². The summed E-state index contributed by atoms with van der Waals surface area (Å²) in [5.41, 5.74) is 1.41. The molecule has 0 saturated carbocycles. The van der Waals surface area contributed by atoms with Gasteiger partial charge in [0, 0.05) is 24.8 Å². The summed E-state index contributed by atoms with van der Waals surface area (Å²) in [7, 11) is 1.87. The number of quaternary nitrogens is 1. The minimum absolute atomic E-state index is 0.883. The zero-order chi connectivity index (χ0) is 15.2. The number of tetrazole rings is 1. The molecule has 0 saturated heterocycles. The summed E-state index contributed by atoms with van der Waals surface area (Å²) in [6.45, 7) is 2.14. The van der Waals surface area contributed by atoms with Crippen molar-refractivity contribution in [2.45, 2.75) is 18.1 Å². The molecular formula is C16H20N5S+. The van der Waals surface area contributed by atoms with Gasteiger partial charge in [-0.15, -0.1) is 5.10 Å². The highest BCUT2D eigenvalue weighted by atomic mass is 32.2. The average Bonchev–Trinajstić information content (AvgIpc) is 2.96. The van der Waals surface area contributed by atoms with E-state index in [2.05, 4.69) is 63.3 Å². The first-order chi connectivity index (χ1) is 10.8. The fourth-order valence-corrected chi connectivity index (χ4v) is 3.27. The first kappa shape index (κ1) is 15.0. The van der Waals surface area contributed by atoms with Gasteiger partial charge in [0.1, 0.15) is 6.54 Å². The lowest BCUT2D eigenvalue weighted by Gasteiger charge is -2.06. The van der Waals surface area contributed by atoms with Gasteiger partial charge in [-0.2, -0.15) is 0 Å². The number of fused-ring (bicyclic) bond motifs is 1. The molecule has 5 nitrogen and oxygen atoms in total. The molecule has 0 atom stereocenters. The molecule has 2 N–H and O–H groups in total. The molecule has 0 spiro atoms. The predicted octanol–water partition coefficient (Wildman–Crippen LogP) is 1.61. The molecule has 0 aliphatic heterocycles. The van der Waals surface area contributed by atoms with Crippen LogP contribution >= 0.6 is 11.8 Å². The Labute approximate surface area is 134 Å². The molecule has 0 aliphatic carbocycles. The third-order valence-electron chi connectivity index (χ3n) is 3.61. The zero-order valence-electron chi connectivity index (χ0n) is 12.6. The second-order valence-corrected chi connectivity index (χ2v) is 6.27. The summed E-state index contributed by atoms with van der Waals surface area (Å²) in [6.07, 6.45) is 1.14. The van der Waals surface area contributed by atoms with E-state index in [0.717, 1.165) is 30.4 Å². The third-order valence-corrected chi connectivity index (χ3v) is 4.71. The largest absolute Gasteiger partial charge is 0.342 e. The average molecular weight is 314 g/mol. The van der Waals surface area contributed by atoms with Gasteiger partial charge in [0.25, 0.3) is 0 Å². The Hall–Kier alpha value is -1.92. The summed E-state index contributed by atoms with van der Waals surface area (Å²) in [4.78, 5) is 0. The molecule has 6 heteroatoms. The van der Waals surface area contributed by atoms with Crippen LogP contribution in [0.4, 0.5) is 0 Å². The molecule has 3 rings (SSSR count). The minimum atomic E-state index is 0.883. The maximum Gasteiger partial charge on any atom is 0.209 e. The number of hydrogen-bond donors (Lipinski definition) is 1. The van der Waals surface area contributed by atoms with Crippen molar-refractivity contribution in [2.24, 2.45) is 7.05 Å². The lowest BCUT2D eigenvalue weighted by molar-refractivity contribution is -0.670. The zero-order valence-corrected chi connectivity index (χ0v) is 13.5. The highest BCUT2D eigenvalue weighted by Crippen LogP contribution is 2.17. The molecule has 0 amide bonds. The molecule has 0 aliphatic rings. The van der Waals surface area contributed by atoms with Gasteiger partial charge in [0.15, 0.2) is 0 Å². The predicted molar refractivity (Wildman–Crippen MR) is 88.6 cm³/mol. The molecular weight excluding hydrogens is 294 g/mol. The Morgan fingerprint density at radius 1 is 1.14 bits per heavy atom. The quantitative estimate of drug-likeness (QED) is 0.532. The van der Waals surface area contributed by atoms with Crippen molar-refractivity contribution in [1.29, 1.82) is 0 Å². The van der Waals surface area contributed by atoms with Crippen LogP contribution in [-0.2, 0) is 13.6 Å². The van der Waals surface area contributed by atoms with Gasteiger partial charge in [0.2, 0.25) is 5.16 Å². The third kappa shape index (κ3) is 3.64. The fourth-order valence-electron chi connectivity index (χ4n) is 2.46. The van der Waals surface area contributed by atoms with Crippen LogP contribution in [0.15, 0.2) is 47.6 Å². The number of rotatable bonds is 7. The van der Waals surface area contributed by atoms with E-state index < -0.39 is 0 Å². The molecule has 1 aromatic heterocycles. The summed E-state index contributed by atoms with van der Waals surface area (Å²) >= 11 is 1.71. The van der Waals surface area contributed by atoms with Gasteiger partial charge in [0.05, 0.1) is 6.54 Å². The number of nitrogens with two attached hydrogens (primary N) is 1. The molecule has 0 bridgehead atoms. The Kier molecular flexibility index (Phi) is 5.03. The van der Waals surface area contributed by atoms with Crippen LogP contribution in [0.3, 0.4) is 0 Å². The van der Waals surface area contributed by atoms with E-state index in [-0.39, 0.29) is 0 Å². The highest BCUT2D eigenvalue weighted by Gasteiger charge is 2.04. The van der Waals surface area contributed by atoms with Gasteiger partial charge in [-0.1, -0.05) is 54.2 Å². The van der Waals surface area contributed by atoms with Crippen molar-refractivity contribution in [3.8, 4) is 0 Å². The van der Waals surface area contributed by atoms with Crippen LogP contribution in [0.25, 0.3) is 10.8 Å². The van der Waals surface area contributed by atoms with Crippen LogP contribution in [0.5, 0.6) is 0 Å². The molecule has 3 aromatic rings. The number of thioether (sulfide) groups is 1. The SMILES string of the molecule is Cn1nnnc1SCCC[NH2+]Cc1cccc2ccccc12. The van der Waals surface area contributed by atoms with Gasteiger partial charge < -0.3 is 5.32 Å². The Bertz CT molecular complexity index is 735. The molecule has 22 heavy (non-hydrogen) atoms. The highest BCUT2D eigenvalue weighted by molar-refractivity contribution is 7.99. The van der Waals surface area contributed by atoms with E-state index in [1.807, 2.05) is 7.05 Å². The number of nitrogens with zero attached hydrogens (tertiary/aromatic N) is 4. The minimum Gasteiger partial charge on any atom is -0.342 e. The van der Waals surface area contributed by atoms with E-state index in [4.69, 9.17) is 0 Å². The first-order valence-corrected chi connectivity index (χ1v) is 8.46. The standard InChI is InChI=1S/C16H19N5S/c1-21-16(18-19-20-21)22-11-5-10-17-12-14-8-4-7-13-6-2-3-9-15(13)14/h2-4,6-9,17H,5,10-12H2,1H3/p+1. The van der Waals surface area contributed by atoms with Crippen molar-refractivity contribution in [1.82, 2.24) is 20.2 Å². The van der Waals surface area contributed by atoms with E-state index in [1.165, 1.54) is 16.3 Å². The van der Waals surface area contributed by atoms with Gasteiger partial charge in [-0.3, -0.25) is 0 Å². The van der Waals surface area contributed by atoms with Crippen molar-refractivity contribution < 1.29 is 5.32 Å².